The maximum Gasteiger partial charge on any atom is 0.157 e. The highest BCUT2D eigenvalue weighted by atomic mass is 32.2. The van der Waals surface area contributed by atoms with Crippen LogP contribution in [0.3, 0.4) is 0 Å². The Balaban J connectivity index is 1.18. The van der Waals surface area contributed by atoms with Crippen LogP contribution in [0.2, 0.25) is 0 Å². The topological polar surface area (TPSA) is 54.5 Å². The van der Waals surface area contributed by atoms with Crippen molar-refractivity contribution in [3.8, 4) is 0 Å². The van der Waals surface area contributed by atoms with Crippen LogP contribution in [0.25, 0.3) is 0 Å². The van der Waals surface area contributed by atoms with Crippen molar-refractivity contribution in [3.05, 3.63) is 71.3 Å². The van der Waals surface area contributed by atoms with Gasteiger partial charge in [0.15, 0.2) is 15.6 Å². The van der Waals surface area contributed by atoms with Gasteiger partial charge in [0.1, 0.15) is 5.75 Å². The molecule has 2 aromatic rings. The molecule has 0 radical (unpaired) electrons. The Bertz CT molecular complexity index is 993. The van der Waals surface area contributed by atoms with Crippen LogP contribution >= 0.6 is 0 Å². The van der Waals surface area contributed by atoms with E-state index in [2.05, 4.69) is 47.4 Å². The first-order valence-electron chi connectivity index (χ1n) is 12.0. The number of carbonyl (C=O) groups is 1. The Hall–Kier alpha value is -1.98. The van der Waals surface area contributed by atoms with E-state index in [0.717, 1.165) is 43.0 Å². The Labute approximate surface area is 192 Å². The Kier molecular flexibility index (Phi) is 7.47. The van der Waals surface area contributed by atoms with Gasteiger partial charge in [0.05, 0.1) is 0 Å². The van der Waals surface area contributed by atoms with E-state index < -0.39 is 9.84 Å². The van der Waals surface area contributed by atoms with Crippen molar-refractivity contribution in [2.75, 3.05) is 24.6 Å². The molecular formula is C27H35NO3S. The first-order chi connectivity index (χ1) is 15.4. The molecule has 2 aromatic carbocycles. The summed E-state index contributed by atoms with van der Waals surface area (Å²) in [5.41, 5.74) is 3.67. The summed E-state index contributed by atoms with van der Waals surface area (Å²) >= 11 is 0. The van der Waals surface area contributed by atoms with E-state index in [1.165, 1.54) is 36.8 Å². The number of piperidine rings is 1. The number of carbonyl (C=O) groups excluding carboxylic acids is 1. The van der Waals surface area contributed by atoms with E-state index in [1.807, 2.05) is 12.1 Å². The van der Waals surface area contributed by atoms with Gasteiger partial charge in [-0.3, -0.25) is 9.69 Å². The second-order valence-electron chi connectivity index (χ2n) is 9.68. The highest BCUT2D eigenvalue weighted by molar-refractivity contribution is 7.92. The molecule has 2 atom stereocenters. The smallest absolute Gasteiger partial charge is 0.157 e. The zero-order chi connectivity index (χ0) is 22.6. The lowest BCUT2D eigenvalue weighted by Gasteiger charge is -2.32. The minimum atomic E-state index is -3.25. The van der Waals surface area contributed by atoms with Crippen LogP contribution in [0.1, 0.15) is 55.2 Å². The Morgan fingerprint density at radius 2 is 1.62 bits per heavy atom. The predicted octanol–water partition coefficient (Wildman–Crippen LogP) is 4.64. The summed E-state index contributed by atoms with van der Waals surface area (Å²) in [6, 6.07) is 19.1. The summed E-state index contributed by atoms with van der Waals surface area (Å²) in [6.45, 7) is 4.83. The van der Waals surface area contributed by atoms with E-state index in [0.29, 0.717) is 0 Å². The quantitative estimate of drug-likeness (QED) is 0.526. The van der Waals surface area contributed by atoms with Gasteiger partial charge in [-0.25, -0.2) is 8.42 Å². The molecule has 0 amide bonds. The summed E-state index contributed by atoms with van der Waals surface area (Å²) in [5, 5.41) is 0. The molecule has 0 N–H and O–H groups in total. The second kappa shape index (κ2) is 10.3. The summed E-state index contributed by atoms with van der Waals surface area (Å²) < 4.78 is 23.2. The van der Waals surface area contributed by atoms with Crippen LogP contribution in [0, 0.1) is 11.8 Å². The zero-order valence-corrected chi connectivity index (χ0v) is 19.9. The monoisotopic (exact) mass is 453 g/mol. The Morgan fingerprint density at radius 1 is 0.969 bits per heavy atom. The molecule has 172 valence electrons. The number of Topliss-reactive ketones (excluding diaryl/α,β-unsaturated/α-hetero) is 1. The number of hydrogen-bond donors (Lipinski definition) is 0. The first-order valence-corrected chi connectivity index (χ1v) is 13.8. The highest BCUT2D eigenvalue weighted by Crippen LogP contribution is 2.51. The fraction of sp³-hybridized carbons (Fsp3) is 0.519. The molecule has 2 fully saturated rings. The number of ketones is 1. The minimum absolute atomic E-state index is 0.0165. The number of sulfone groups is 1. The second-order valence-corrected chi connectivity index (χ2v) is 12.0. The van der Waals surface area contributed by atoms with Gasteiger partial charge in [-0.15, -0.1) is 0 Å². The van der Waals surface area contributed by atoms with Crippen molar-refractivity contribution in [2.45, 2.75) is 51.5 Å². The molecule has 2 aliphatic rings. The normalized spacial score (nSPS) is 22.0. The van der Waals surface area contributed by atoms with Crippen LogP contribution in [-0.2, 0) is 27.6 Å². The third kappa shape index (κ3) is 6.52. The fourth-order valence-corrected chi connectivity index (χ4v) is 5.87. The number of benzene rings is 2. The van der Waals surface area contributed by atoms with E-state index >= 15 is 0 Å². The van der Waals surface area contributed by atoms with Crippen LogP contribution in [-0.4, -0.2) is 43.7 Å². The van der Waals surface area contributed by atoms with E-state index in [-0.39, 0.29) is 23.7 Å². The number of hydrogen-bond acceptors (Lipinski definition) is 4. The maximum absolute atomic E-state index is 12.0. The molecule has 1 aliphatic heterocycles. The predicted molar refractivity (Wildman–Crippen MR) is 129 cm³/mol. The molecule has 0 bridgehead atoms. The van der Waals surface area contributed by atoms with Gasteiger partial charge >= 0.3 is 0 Å². The van der Waals surface area contributed by atoms with E-state index in [4.69, 9.17) is 0 Å². The molecule has 0 unspecified atom stereocenters. The van der Waals surface area contributed by atoms with Crippen LogP contribution < -0.4 is 0 Å². The summed E-state index contributed by atoms with van der Waals surface area (Å²) in [7, 11) is -3.25. The number of likely N-dealkylation sites (tertiary alicyclic amines) is 1. The standard InChI is InChI=1S/C27H35NO3S/c1-2-32(30,31)20-26(29)17-21-8-10-23(11-9-21)19-28-14-12-22(13-15-28)16-25-18-27(25)24-6-4-3-5-7-24/h3-11,22,25,27H,2,12-20H2,1H3/t25-,27+/m1/s1. The third-order valence-electron chi connectivity index (χ3n) is 7.14. The number of nitrogens with zero attached hydrogens (tertiary/aromatic N) is 1. The van der Waals surface area contributed by atoms with Gasteiger partial charge in [0, 0.05) is 18.7 Å². The van der Waals surface area contributed by atoms with Crippen molar-refractivity contribution in [1.29, 1.82) is 0 Å². The fourth-order valence-electron chi connectivity index (χ4n) is 5.07. The molecule has 0 aromatic heterocycles. The van der Waals surface area contributed by atoms with E-state index in [9.17, 15) is 13.2 Å². The molecule has 0 spiro atoms. The first kappa shape index (κ1) is 23.2. The van der Waals surface area contributed by atoms with Crippen molar-refractivity contribution in [3.63, 3.8) is 0 Å². The third-order valence-corrected chi connectivity index (χ3v) is 8.79. The van der Waals surface area contributed by atoms with Gasteiger partial charge in [-0.1, -0.05) is 61.5 Å². The van der Waals surface area contributed by atoms with Crippen molar-refractivity contribution in [2.24, 2.45) is 11.8 Å². The molecule has 4 nitrogen and oxygen atoms in total. The molecular weight excluding hydrogens is 418 g/mol. The van der Waals surface area contributed by atoms with Crippen molar-refractivity contribution in [1.82, 2.24) is 4.90 Å². The van der Waals surface area contributed by atoms with Crippen LogP contribution in [0.5, 0.6) is 0 Å². The lowest BCUT2D eigenvalue weighted by molar-refractivity contribution is -0.116. The average molecular weight is 454 g/mol. The molecule has 1 saturated carbocycles. The minimum Gasteiger partial charge on any atom is -0.299 e. The van der Waals surface area contributed by atoms with E-state index in [1.54, 1.807) is 6.92 Å². The summed E-state index contributed by atoms with van der Waals surface area (Å²) in [4.78, 5) is 14.5. The van der Waals surface area contributed by atoms with Crippen molar-refractivity contribution < 1.29 is 13.2 Å². The molecule has 5 heteroatoms. The molecule has 1 heterocycles. The van der Waals surface area contributed by atoms with Gasteiger partial charge in [0.25, 0.3) is 0 Å². The number of rotatable bonds is 10. The molecule has 1 aliphatic carbocycles. The molecule has 1 saturated heterocycles. The summed E-state index contributed by atoms with van der Waals surface area (Å²) in [5.74, 6) is 1.97. The largest absolute Gasteiger partial charge is 0.299 e. The van der Waals surface area contributed by atoms with Gasteiger partial charge in [-0.2, -0.15) is 0 Å². The highest BCUT2D eigenvalue weighted by Gasteiger charge is 2.39. The zero-order valence-electron chi connectivity index (χ0n) is 19.1. The maximum atomic E-state index is 12.0. The van der Waals surface area contributed by atoms with Crippen LogP contribution in [0.4, 0.5) is 0 Å². The lowest BCUT2D eigenvalue weighted by atomic mass is 9.90. The summed E-state index contributed by atoms with van der Waals surface area (Å²) in [6.07, 6.45) is 5.51. The van der Waals surface area contributed by atoms with Gasteiger partial charge in [-0.05, 0) is 73.2 Å². The molecule has 4 rings (SSSR count). The average Bonchev–Trinajstić information content (AvgIpc) is 3.56. The van der Waals surface area contributed by atoms with Gasteiger partial charge in [0.2, 0.25) is 0 Å². The SMILES string of the molecule is CCS(=O)(=O)CC(=O)Cc1ccc(CN2CCC(C[C@@H]3C[C@H]3c3ccccc3)CC2)cc1. The molecule has 32 heavy (non-hydrogen) atoms. The Morgan fingerprint density at radius 3 is 2.28 bits per heavy atom. The lowest BCUT2D eigenvalue weighted by Crippen LogP contribution is -2.33. The van der Waals surface area contributed by atoms with Gasteiger partial charge < -0.3 is 0 Å². The van der Waals surface area contributed by atoms with Crippen molar-refractivity contribution >= 4 is 15.6 Å². The van der Waals surface area contributed by atoms with Crippen LogP contribution in [0.15, 0.2) is 54.6 Å².